The molecule has 0 radical (unpaired) electrons. The summed E-state index contributed by atoms with van der Waals surface area (Å²) in [7, 11) is 3.07. The quantitative estimate of drug-likeness (QED) is 0.872. The van der Waals surface area contributed by atoms with E-state index in [1.165, 1.54) is 13.4 Å². The van der Waals surface area contributed by atoms with Crippen LogP contribution in [0.4, 0.5) is 5.82 Å². The molecule has 1 aromatic carbocycles. The maximum absolute atomic E-state index is 11.6. The van der Waals surface area contributed by atoms with Crippen LogP contribution in [0.25, 0.3) is 0 Å². The zero-order chi connectivity index (χ0) is 14.5. The monoisotopic (exact) mass is 275 g/mol. The van der Waals surface area contributed by atoms with Crippen LogP contribution in [-0.2, 0) is 0 Å². The number of H-pyrrole nitrogens is 1. The molecule has 0 aliphatic carbocycles. The van der Waals surface area contributed by atoms with Crippen LogP contribution in [0.3, 0.4) is 0 Å². The molecule has 2 rings (SSSR count). The van der Waals surface area contributed by atoms with Crippen molar-refractivity contribution < 1.29 is 9.47 Å². The van der Waals surface area contributed by atoms with Gasteiger partial charge in [-0.05, 0) is 24.6 Å². The van der Waals surface area contributed by atoms with Gasteiger partial charge in [0.15, 0.2) is 5.82 Å². The number of ether oxygens (including phenoxy) is 2. The summed E-state index contributed by atoms with van der Waals surface area (Å²) in [6.45, 7) is 1.98. The fourth-order valence-corrected chi connectivity index (χ4v) is 1.86. The van der Waals surface area contributed by atoms with Crippen LogP contribution >= 0.6 is 0 Å². The lowest BCUT2D eigenvalue weighted by Gasteiger charge is -2.16. The Morgan fingerprint density at radius 2 is 1.90 bits per heavy atom. The van der Waals surface area contributed by atoms with Gasteiger partial charge in [0.1, 0.15) is 5.75 Å². The van der Waals surface area contributed by atoms with Crippen LogP contribution in [-0.4, -0.2) is 24.2 Å². The van der Waals surface area contributed by atoms with Gasteiger partial charge < -0.3 is 19.8 Å². The van der Waals surface area contributed by atoms with E-state index in [4.69, 9.17) is 9.47 Å². The first-order valence-corrected chi connectivity index (χ1v) is 6.18. The van der Waals surface area contributed by atoms with E-state index in [1.807, 2.05) is 31.2 Å². The van der Waals surface area contributed by atoms with Gasteiger partial charge in [0.05, 0.1) is 26.6 Å². The van der Waals surface area contributed by atoms with Gasteiger partial charge in [-0.25, -0.2) is 4.98 Å². The van der Waals surface area contributed by atoms with Crippen molar-refractivity contribution in [3.63, 3.8) is 0 Å². The molecule has 0 saturated heterocycles. The summed E-state index contributed by atoms with van der Waals surface area (Å²) in [5.41, 5.74) is 0.738. The Hall–Kier alpha value is -2.50. The third-order valence-electron chi connectivity index (χ3n) is 2.98. The van der Waals surface area contributed by atoms with E-state index in [2.05, 4.69) is 15.3 Å². The molecular formula is C14H17N3O3. The Balaban J connectivity index is 2.20. The van der Waals surface area contributed by atoms with Gasteiger partial charge in [-0.2, -0.15) is 0 Å². The van der Waals surface area contributed by atoms with Crippen molar-refractivity contribution in [2.24, 2.45) is 0 Å². The Morgan fingerprint density at radius 1 is 1.20 bits per heavy atom. The standard InChI is InChI=1S/C14H17N3O3/c1-9(10-4-6-11(19-2)7-5-10)17-13-12(20-3)14(18)16-8-15-13/h4-9H,1-3H3,(H2,15,16,17,18). The summed E-state index contributed by atoms with van der Waals surface area (Å²) in [6, 6.07) is 7.65. The van der Waals surface area contributed by atoms with Crippen LogP contribution < -0.4 is 20.3 Å². The highest BCUT2D eigenvalue weighted by Gasteiger charge is 2.12. The van der Waals surface area contributed by atoms with E-state index in [0.717, 1.165) is 11.3 Å². The molecular weight excluding hydrogens is 258 g/mol. The molecule has 2 aromatic rings. The molecule has 1 unspecified atom stereocenters. The maximum Gasteiger partial charge on any atom is 0.295 e. The van der Waals surface area contributed by atoms with Crippen LogP contribution in [0, 0.1) is 0 Å². The number of aromatic nitrogens is 2. The number of nitrogens with one attached hydrogen (secondary N) is 2. The minimum absolute atomic E-state index is 0.0240. The number of methoxy groups -OCH3 is 2. The van der Waals surface area contributed by atoms with E-state index in [1.54, 1.807) is 7.11 Å². The van der Waals surface area contributed by atoms with Gasteiger partial charge in [-0.15, -0.1) is 0 Å². The van der Waals surface area contributed by atoms with E-state index >= 15 is 0 Å². The topological polar surface area (TPSA) is 76.2 Å². The number of nitrogens with zero attached hydrogens (tertiary/aromatic N) is 1. The lowest BCUT2D eigenvalue weighted by molar-refractivity contribution is 0.407. The van der Waals surface area contributed by atoms with Gasteiger partial charge in [0, 0.05) is 0 Å². The molecule has 1 heterocycles. The maximum atomic E-state index is 11.6. The minimum atomic E-state index is -0.313. The number of rotatable bonds is 5. The van der Waals surface area contributed by atoms with Crippen molar-refractivity contribution in [1.29, 1.82) is 0 Å². The normalized spacial score (nSPS) is 11.8. The molecule has 0 aliphatic rings. The largest absolute Gasteiger partial charge is 0.497 e. The summed E-state index contributed by atoms with van der Waals surface area (Å²) >= 11 is 0. The Labute approximate surface area is 116 Å². The van der Waals surface area contributed by atoms with Crippen molar-refractivity contribution >= 4 is 5.82 Å². The van der Waals surface area contributed by atoms with E-state index in [9.17, 15) is 4.79 Å². The molecule has 0 spiro atoms. The third-order valence-corrected chi connectivity index (χ3v) is 2.98. The number of hydrogen-bond acceptors (Lipinski definition) is 5. The minimum Gasteiger partial charge on any atom is -0.497 e. The Morgan fingerprint density at radius 3 is 2.50 bits per heavy atom. The number of benzene rings is 1. The van der Waals surface area contributed by atoms with Crippen molar-refractivity contribution in [1.82, 2.24) is 9.97 Å². The van der Waals surface area contributed by atoms with Gasteiger partial charge in [0.25, 0.3) is 5.56 Å². The zero-order valence-corrected chi connectivity index (χ0v) is 11.6. The summed E-state index contributed by atoms with van der Waals surface area (Å²) in [4.78, 5) is 18.2. The van der Waals surface area contributed by atoms with E-state index in [-0.39, 0.29) is 17.4 Å². The predicted molar refractivity (Wildman–Crippen MR) is 76.4 cm³/mol. The van der Waals surface area contributed by atoms with Crippen LogP contribution in [0.5, 0.6) is 11.5 Å². The molecule has 106 valence electrons. The molecule has 1 aromatic heterocycles. The first-order valence-electron chi connectivity index (χ1n) is 6.18. The van der Waals surface area contributed by atoms with Gasteiger partial charge in [0.2, 0.25) is 5.75 Å². The van der Waals surface area contributed by atoms with Crippen molar-refractivity contribution in [3.05, 3.63) is 46.5 Å². The summed E-state index contributed by atoms with van der Waals surface area (Å²) in [5, 5.41) is 3.16. The number of aromatic amines is 1. The second kappa shape index (κ2) is 6.10. The van der Waals surface area contributed by atoms with Crippen molar-refractivity contribution in [3.8, 4) is 11.5 Å². The molecule has 6 nitrogen and oxygen atoms in total. The fourth-order valence-electron chi connectivity index (χ4n) is 1.86. The average Bonchev–Trinajstić information content (AvgIpc) is 2.47. The third kappa shape index (κ3) is 2.90. The number of hydrogen-bond donors (Lipinski definition) is 2. The number of anilines is 1. The van der Waals surface area contributed by atoms with Crippen molar-refractivity contribution in [2.75, 3.05) is 19.5 Å². The first-order chi connectivity index (χ1) is 9.65. The molecule has 6 heteroatoms. The molecule has 2 N–H and O–H groups in total. The van der Waals surface area contributed by atoms with Gasteiger partial charge in [-0.3, -0.25) is 4.79 Å². The molecule has 0 aliphatic heterocycles. The Kier molecular flexibility index (Phi) is 4.24. The second-order valence-electron chi connectivity index (χ2n) is 4.25. The first kappa shape index (κ1) is 13.9. The molecule has 0 saturated carbocycles. The average molecular weight is 275 g/mol. The van der Waals surface area contributed by atoms with Gasteiger partial charge in [-0.1, -0.05) is 12.1 Å². The highest BCUT2D eigenvalue weighted by atomic mass is 16.5. The van der Waals surface area contributed by atoms with Crippen LogP contribution in [0.2, 0.25) is 0 Å². The summed E-state index contributed by atoms with van der Waals surface area (Å²) < 4.78 is 10.2. The van der Waals surface area contributed by atoms with Crippen LogP contribution in [0.1, 0.15) is 18.5 Å². The predicted octanol–water partition coefficient (Wildman–Crippen LogP) is 1.96. The van der Waals surface area contributed by atoms with Gasteiger partial charge >= 0.3 is 0 Å². The molecule has 0 fully saturated rings. The SMILES string of the molecule is COc1ccc(C(C)Nc2nc[nH]c(=O)c2OC)cc1. The lowest BCUT2D eigenvalue weighted by atomic mass is 10.1. The Bertz CT molecular complexity index is 622. The smallest absolute Gasteiger partial charge is 0.295 e. The molecule has 0 bridgehead atoms. The van der Waals surface area contributed by atoms with E-state index in [0.29, 0.717) is 5.82 Å². The summed E-state index contributed by atoms with van der Waals surface area (Å²) in [5.74, 6) is 1.39. The second-order valence-corrected chi connectivity index (χ2v) is 4.25. The van der Waals surface area contributed by atoms with E-state index < -0.39 is 0 Å². The summed E-state index contributed by atoms with van der Waals surface area (Å²) in [6.07, 6.45) is 1.34. The molecule has 20 heavy (non-hydrogen) atoms. The van der Waals surface area contributed by atoms with Crippen molar-refractivity contribution in [2.45, 2.75) is 13.0 Å². The fraction of sp³-hybridized carbons (Fsp3) is 0.286. The van der Waals surface area contributed by atoms with Crippen LogP contribution in [0.15, 0.2) is 35.4 Å². The molecule has 1 atom stereocenters. The molecule has 0 amide bonds. The zero-order valence-electron chi connectivity index (χ0n) is 11.6. The highest BCUT2D eigenvalue weighted by molar-refractivity contribution is 5.49. The lowest BCUT2D eigenvalue weighted by Crippen LogP contribution is -2.16. The highest BCUT2D eigenvalue weighted by Crippen LogP contribution is 2.23.